The normalized spacial score (nSPS) is 12.1. The van der Waals surface area contributed by atoms with E-state index in [1.54, 1.807) is 11.3 Å². The molecule has 0 bridgehead atoms. The Bertz CT molecular complexity index is 302. The molecule has 1 rings (SSSR count). The Hall–Kier alpha value is -0.670. The fourth-order valence-corrected chi connectivity index (χ4v) is 1.98. The molecule has 0 atom stereocenters. The van der Waals surface area contributed by atoms with Crippen molar-refractivity contribution in [2.75, 3.05) is 13.1 Å². The molecule has 0 radical (unpaired) electrons. The lowest BCUT2D eigenvalue weighted by atomic mass is 10.1. The molecule has 1 aromatic heterocycles. The minimum Gasteiger partial charge on any atom is -0.313 e. The lowest BCUT2D eigenvalue weighted by Crippen LogP contribution is -2.15. The van der Waals surface area contributed by atoms with Gasteiger partial charge in [-0.3, -0.25) is 0 Å². The second-order valence-corrected chi connectivity index (χ2v) is 4.12. The van der Waals surface area contributed by atoms with Gasteiger partial charge in [-0.1, -0.05) is 19.4 Å². The summed E-state index contributed by atoms with van der Waals surface area (Å²) < 4.78 is 0. The van der Waals surface area contributed by atoms with Crippen LogP contribution in [0.1, 0.15) is 30.8 Å². The number of aryl methyl sites for hydroxylation is 1. The highest BCUT2D eigenvalue weighted by atomic mass is 32.1. The number of aromatic nitrogens is 1. The van der Waals surface area contributed by atoms with Gasteiger partial charge in [0, 0.05) is 11.4 Å². The summed E-state index contributed by atoms with van der Waals surface area (Å²) in [6.07, 6.45) is 3.36. The van der Waals surface area contributed by atoms with E-state index in [2.05, 4.69) is 37.1 Å². The Morgan fingerprint density at radius 3 is 2.86 bits per heavy atom. The Labute approximate surface area is 90.1 Å². The van der Waals surface area contributed by atoms with Crippen molar-refractivity contribution in [2.45, 2.75) is 27.2 Å². The molecule has 78 valence electrons. The Kier molecular flexibility index (Phi) is 4.84. The van der Waals surface area contributed by atoms with Crippen LogP contribution >= 0.6 is 11.3 Å². The molecule has 1 N–H and O–H groups in total. The number of hydrogen-bond donors (Lipinski definition) is 1. The molecular weight excluding hydrogens is 192 g/mol. The zero-order valence-corrected chi connectivity index (χ0v) is 9.95. The van der Waals surface area contributed by atoms with E-state index in [1.165, 1.54) is 10.5 Å². The van der Waals surface area contributed by atoms with Gasteiger partial charge >= 0.3 is 0 Å². The molecule has 3 heteroatoms. The van der Waals surface area contributed by atoms with E-state index in [0.29, 0.717) is 0 Å². The molecular formula is C11H18N2S. The lowest BCUT2D eigenvalue weighted by molar-refractivity contribution is 0.762. The van der Waals surface area contributed by atoms with Crippen molar-refractivity contribution in [3.8, 4) is 0 Å². The molecule has 14 heavy (non-hydrogen) atoms. The number of likely N-dealkylation sites (N-methyl/N-ethyl adjacent to an activating group) is 1. The maximum Gasteiger partial charge on any atom is 0.0801 e. The number of rotatable bonds is 5. The van der Waals surface area contributed by atoms with E-state index in [9.17, 15) is 0 Å². The van der Waals surface area contributed by atoms with E-state index in [4.69, 9.17) is 0 Å². The first kappa shape index (κ1) is 11.4. The summed E-state index contributed by atoms with van der Waals surface area (Å²) in [5, 5.41) is 3.35. The highest BCUT2D eigenvalue weighted by molar-refractivity contribution is 7.10. The number of nitrogens with one attached hydrogen (secondary N) is 1. The fourth-order valence-electron chi connectivity index (χ4n) is 1.20. The second-order valence-electron chi connectivity index (χ2n) is 3.24. The predicted octanol–water partition coefficient (Wildman–Crippen LogP) is 2.85. The summed E-state index contributed by atoms with van der Waals surface area (Å²) in [6, 6.07) is 0. The average Bonchev–Trinajstić information content (AvgIpc) is 2.59. The lowest BCUT2D eigenvalue weighted by Gasteiger charge is -2.04. The van der Waals surface area contributed by atoms with Crippen LogP contribution in [0.4, 0.5) is 0 Å². The average molecular weight is 210 g/mol. The molecule has 0 unspecified atom stereocenters. The smallest absolute Gasteiger partial charge is 0.0801 e. The Balaban J connectivity index is 2.68. The maximum atomic E-state index is 4.24. The van der Waals surface area contributed by atoms with E-state index >= 15 is 0 Å². The van der Waals surface area contributed by atoms with Crippen LogP contribution in [-0.4, -0.2) is 18.1 Å². The first-order valence-corrected chi connectivity index (χ1v) is 5.96. The molecule has 0 spiro atoms. The highest BCUT2D eigenvalue weighted by Gasteiger charge is 1.99. The van der Waals surface area contributed by atoms with Crippen molar-refractivity contribution in [3.05, 3.63) is 21.7 Å². The van der Waals surface area contributed by atoms with Gasteiger partial charge in [0.1, 0.15) is 0 Å². The third-order valence-corrected chi connectivity index (χ3v) is 3.05. The molecule has 1 heterocycles. The van der Waals surface area contributed by atoms with Crippen LogP contribution in [0, 0.1) is 6.92 Å². The molecule has 0 aliphatic carbocycles. The van der Waals surface area contributed by atoms with Gasteiger partial charge in [-0.15, -0.1) is 11.3 Å². The zero-order valence-electron chi connectivity index (χ0n) is 9.13. The number of nitrogens with zero attached hydrogens (tertiary/aromatic N) is 1. The molecule has 1 aromatic rings. The molecule has 0 aliphatic heterocycles. The molecule has 0 aromatic carbocycles. The minimum atomic E-state index is 0.990. The third-order valence-electron chi connectivity index (χ3n) is 2.17. The summed E-state index contributed by atoms with van der Waals surface area (Å²) in [5.41, 5.74) is 4.48. The van der Waals surface area contributed by atoms with E-state index in [1.807, 2.05) is 5.51 Å². The SMILES string of the molecule is CCNCC(=Cc1scnc1C)CC. The minimum absolute atomic E-state index is 0.990. The van der Waals surface area contributed by atoms with E-state index in [-0.39, 0.29) is 0 Å². The summed E-state index contributed by atoms with van der Waals surface area (Å²) >= 11 is 1.71. The van der Waals surface area contributed by atoms with Crippen molar-refractivity contribution in [1.82, 2.24) is 10.3 Å². The first-order valence-electron chi connectivity index (χ1n) is 5.08. The largest absolute Gasteiger partial charge is 0.313 e. The van der Waals surface area contributed by atoms with Crippen LogP contribution in [0.3, 0.4) is 0 Å². The van der Waals surface area contributed by atoms with Crippen LogP contribution in [0.25, 0.3) is 6.08 Å². The molecule has 0 saturated heterocycles. The monoisotopic (exact) mass is 210 g/mol. The van der Waals surface area contributed by atoms with Crippen molar-refractivity contribution >= 4 is 17.4 Å². The van der Waals surface area contributed by atoms with Crippen molar-refractivity contribution < 1.29 is 0 Å². The van der Waals surface area contributed by atoms with Gasteiger partial charge in [0.05, 0.1) is 11.2 Å². The van der Waals surface area contributed by atoms with Crippen LogP contribution < -0.4 is 5.32 Å². The number of thiazole rings is 1. The Morgan fingerprint density at radius 2 is 2.36 bits per heavy atom. The molecule has 0 amide bonds. The van der Waals surface area contributed by atoms with Gasteiger partial charge in [0.2, 0.25) is 0 Å². The zero-order chi connectivity index (χ0) is 10.4. The third kappa shape index (κ3) is 3.24. The first-order chi connectivity index (χ1) is 6.77. The van der Waals surface area contributed by atoms with Gasteiger partial charge < -0.3 is 5.32 Å². The van der Waals surface area contributed by atoms with Gasteiger partial charge in [-0.2, -0.15) is 0 Å². The van der Waals surface area contributed by atoms with Gasteiger partial charge in [0.25, 0.3) is 0 Å². The maximum absolute atomic E-state index is 4.24. The summed E-state index contributed by atoms with van der Waals surface area (Å²) in [4.78, 5) is 5.53. The van der Waals surface area contributed by atoms with Crippen molar-refractivity contribution in [1.29, 1.82) is 0 Å². The topological polar surface area (TPSA) is 24.9 Å². The van der Waals surface area contributed by atoms with Gasteiger partial charge in [-0.25, -0.2) is 4.98 Å². The predicted molar refractivity (Wildman–Crippen MR) is 63.7 cm³/mol. The van der Waals surface area contributed by atoms with Gasteiger partial charge in [0.15, 0.2) is 0 Å². The number of hydrogen-bond acceptors (Lipinski definition) is 3. The van der Waals surface area contributed by atoms with Crippen molar-refractivity contribution in [3.63, 3.8) is 0 Å². The van der Waals surface area contributed by atoms with Crippen LogP contribution in [0.2, 0.25) is 0 Å². The Morgan fingerprint density at radius 1 is 1.57 bits per heavy atom. The molecule has 2 nitrogen and oxygen atoms in total. The fraction of sp³-hybridized carbons (Fsp3) is 0.545. The van der Waals surface area contributed by atoms with Crippen molar-refractivity contribution in [2.24, 2.45) is 0 Å². The quantitative estimate of drug-likeness (QED) is 0.808. The molecule has 0 fully saturated rings. The standard InChI is InChI=1S/C11H18N2S/c1-4-10(7-12-5-2)6-11-9(3)13-8-14-11/h6,8,12H,4-5,7H2,1-3H3. The van der Waals surface area contributed by atoms with E-state index in [0.717, 1.165) is 25.2 Å². The van der Waals surface area contributed by atoms with Gasteiger partial charge in [-0.05, 0) is 26.0 Å². The summed E-state index contributed by atoms with van der Waals surface area (Å²) in [6.45, 7) is 8.40. The van der Waals surface area contributed by atoms with E-state index < -0.39 is 0 Å². The summed E-state index contributed by atoms with van der Waals surface area (Å²) in [7, 11) is 0. The summed E-state index contributed by atoms with van der Waals surface area (Å²) in [5.74, 6) is 0. The highest BCUT2D eigenvalue weighted by Crippen LogP contribution is 2.17. The second kappa shape index (κ2) is 5.94. The molecule has 0 aliphatic rings. The molecule has 0 saturated carbocycles. The van der Waals surface area contributed by atoms with Crippen LogP contribution in [0.15, 0.2) is 11.1 Å². The van der Waals surface area contributed by atoms with Crippen LogP contribution in [-0.2, 0) is 0 Å². The van der Waals surface area contributed by atoms with Crippen LogP contribution in [0.5, 0.6) is 0 Å².